The molecule has 4 heteroatoms. The molecule has 0 bridgehead atoms. The molecular weight excluding hydrogens is 242 g/mol. The van der Waals surface area contributed by atoms with E-state index in [4.69, 9.17) is 9.47 Å². The molecule has 0 aliphatic rings. The second-order valence-corrected chi connectivity index (χ2v) is 4.68. The summed E-state index contributed by atoms with van der Waals surface area (Å²) in [5.74, 6) is 1.57. The zero-order chi connectivity index (χ0) is 14.3. The third-order valence-electron chi connectivity index (χ3n) is 3.80. The molecule has 0 aromatic heterocycles. The van der Waals surface area contributed by atoms with Gasteiger partial charge in [0.1, 0.15) is 11.5 Å². The predicted octanol–water partition coefficient (Wildman–Crippen LogP) is 2.34. The molecule has 0 spiro atoms. The molecular formula is C15H25NO3. The van der Waals surface area contributed by atoms with Crippen LogP contribution in [0.1, 0.15) is 32.3 Å². The lowest BCUT2D eigenvalue weighted by molar-refractivity contribution is 0.149. The van der Waals surface area contributed by atoms with Crippen LogP contribution in [0.5, 0.6) is 11.5 Å². The highest BCUT2D eigenvalue weighted by atomic mass is 16.5. The summed E-state index contributed by atoms with van der Waals surface area (Å²) in [5.41, 5.74) is 0.841. The van der Waals surface area contributed by atoms with Crippen molar-refractivity contribution in [2.45, 2.75) is 38.8 Å². The summed E-state index contributed by atoms with van der Waals surface area (Å²) in [7, 11) is 3.29. The van der Waals surface area contributed by atoms with Crippen molar-refractivity contribution >= 4 is 0 Å². The van der Waals surface area contributed by atoms with Crippen LogP contribution in [-0.4, -0.2) is 31.5 Å². The first-order valence-corrected chi connectivity index (χ1v) is 6.71. The van der Waals surface area contributed by atoms with E-state index in [-0.39, 0.29) is 12.1 Å². The molecule has 0 aliphatic carbocycles. The lowest BCUT2D eigenvalue weighted by Crippen LogP contribution is -2.47. The summed E-state index contributed by atoms with van der Waals surface area (Å²) in [5, 5.41) is 13.0. The molecule has 0 saturated carbocycles. The second kappa shape index (κ2) is 7.36. The lowest BCUT2D eigenvalue weighted by atomic mass is 9.93. The van der Waals surface area contributed by atoms with Crippen LogP contribution in [0.15, 0.2) is 18.2 Å². The van der Waals surface area contributed by atoms with Crippen molar-refractivity contribution in [1.29, 1.82) is 0 Å². The van der Waals surface area contributed by atoms with Gasteiger partial charge in [-0.05, 0) is 18.9 Å². The molecule has 2 N–H and O–H groups in total. The molecule has 1 rings (SSSR count). The Hall–Kier alpha value is -1.26. The normalized spacial score (nSPS) is 11.4. The van der Waals surface area contributed by atoms with Crippen molar-refractivity contribution in [3.05, 3.63) is 23.8 Å². The Morgan fingerprint density at radius 1 is 1.16 bits per heavy atom. The minimum absolute atomic E-state index is 0.137. The van der Waals surface area contributed by atoms with Crippen molar-refractivity contribution in [2.75, 3.05) is 20.8 Å². The zero-order valence-corrected chi connectivity index (χ0v) is 12.3. The smallest absolute Gasteiger partial charge is 0.127 e. The monoisotopic (exact) mass is 267 g/mol. The molecule has 0 saturated heterocycles. The van der Waals surface area contributed by atoms with Crippen LogP contribution in [-0.2, 0) is 6.54 Å². The van der Waals surface area contributed by atoms with Gasteiger partial charge in [0.25, 0.3) is 0 Å². The fourth-order valence-electron chi connectivity index (χ4n) is 2.06. The Morgan fingerprint density at radius 2 is 1.84 bits per heavy atom. The largest absolute Gasteiger partial charge is 0.497 e. The average Bonchev–Trinajstić information content (AvgIpc) is 2.49. The zero-order valence-electron chi connectivity index (χ0n) is 12.3. The van der Waals surface area contributed by atoms with Gasteiger partial charge in [0.05, 0.1) is 20.8 Å². The number of hydrogen-bond acceptors (Lipinski definition) is 4. The van der Waals surface area contributed by atoms with E-state index in [9.17, 15) is 5.11 Å². The van der Waals surface area contributed by atoms with E-state index < -0.39 is 0 Å². The molecule has 0 atom stereocenters. The minimum atomic E-state index is -0.217. The third-order valence-corrected chi connectivity index (χ3v) is 3.80. The van der Waals surface area contributed by atoms with Crippen molar-refractivity contribution < 1.29 is 14.6 Å². The van der Waals surface area contributed by atoms with E-state index in [1.807, 2.05) is 18.2 Å². The number of hydrogen-bond donors (Lipinski definition) is 2. The van der Waals surface area contributed by atoms with Crippen LogP contribution in [0.2, 0.25) is 0 Å². The van der Waals surface area contributed by atoms with E-state index >= 15 is 0 Å². The van der Waals surface area contributed by atoms with Crippen LogP contribution >= 0.6 is 0 Å². The van der Waals surface area contributed by atoms with E-state index in [2.05, 4.69) is 19.2 Å². The van der Waals surface area contributed by atoms with Gasteiger partial charge in [-0.25, -0.2) is 0 Å². The first kappa shape index (κ1) is 15.8. The third kappa shape index (κ3) is 3.85. The molecule has 0 aliphatic heterocycles. The number of ether oxygens (including phenoxy) is 2. The van der Waals surface area contributed by atoms with Crippen LogP contribution in [0.25, 0.3) is 0 Å². The number of aliphatic hydroxyl groups is 1. The van der Waals surface area contributed by atoms with Crippen LogP contribution in [0.3, 0.4) is 0 Å². The van der Waals surface area contributed by atoms with E-state index in [1.165, 1.54) is 0 Å². The van der Waals surface area contributed by atoms with Gasteiger partial charge in [0.2, 0.25) is 0 Å². The van der Waals surface area contributed by atoms with Gasteiger partial charge in [-0.3, -0.25) is 0 Å². The highest BCUT2D eigenvalue weighted by Crippen LogP contribution is 2.25. The first-order chi connectivity index (χ1) is 9.14. The molecule has 0 unspecified atom stereocenters. The molecule has 0 radical (unpaired) electrons. The van der Waals surface area contributed by atoms with Gasteiger partial charge in [-0.1, -0.05) is 19.9 Å². The molecule has 1 aromatic carbocycles. The minimum Gasteiger partial charge on any atom is -0.497 e. The number of aliphatic hydroxyl groups excluding tert-OH is 1. The first-order valence-electron chi connectivity index (χ1n) is 6.71. The fourth-order valence-corrected chi connectivity index (χ4v) is 2.06. The topological polar surface area (TPSA) is 50.7 Å². The highest BCUT2D eigenvalue weighted by molar-refractivity contribution is 5.40. The van der Waals surface area contributed by atoms with Gasteiger partial charge in [-0.15, -0.1) is 0 Å². The summed E-state index contributed by atoms with van der Waals surface area (Å²) in [6.45, 7) is 4.96. The van der Waals surface area contributed by atoms with Gasteiger partial charge in [-0.2, -0.15) is 0 Å². The van der Waals surface area contributed by atoms with Crippen molar-refractivity contribution in [3.63, 3.8) is 0 Å². The van der Waals surface area contributed by atoms with Crippen LogP contribution < -0.4 is 14.8 Å². The summed E-state index contributed by atoms with van der Waals surface area (Å²) >= 11 is 0. The SMILES string of the molecule is CCC(CC)(CO)NCc1ccc(OC)cc1OC. The van der Waals surface area contributed by atoms with Crippen molar-refractivity contribution in [1.82, 2.24) is 5.32 Å². The highest BCUT2D eigenvalue weighted by Gasteiger charge is 2.24. The number of rotatable bonds is 8. The Labute approximate surface area is 115 Å². The quantitative estimate of drug-likeness (QED) is 0.759. The van der Waals surface area contributed by atoms with Crippen molar-refractivity contribution in [2.24, 2.45) is 0 Å². The summed E-state index contributed by atoms with van der Waals surface area (Å²) < 4.78 is 10.6. The van der Waals surface area contributed by atoms with E-state index in [0.717, 1.165) is 29.9 Å². The summed E-state index contributed by atoms with van der Waals surface area (Å²) in [6, 6.07) is 5.77. The van der Waals surface area contributed by atoms with Gasteiger partial charge in [0.15, 0.2) is 0 Å². The summed E-state index contributed by atoms with van der Waals surface area (Å²) in [6.07, 6.45) is 1.77. The lowest BCUT2D eigenvalue weighted by Gasteiger charge is -2.31. The molecule has 1 aromatic rings. The van der Waals surface area contributed by atoms with E-state index in [0.29, 0.717) is 6.54 Å². The predicted molar refractivity (Wildman–Crippen MR) is 76.8 cm³/mol. The van der Waals surface area contributed by atoms with Crippen molar-refractivity contribution in [3.8, 4) is 11.5 Å². The number of nitrogens with one attached hydrogen (secondary N) is 1. The Kier molecular flexibility index (Phi) is 6.12. The average molecular weight is 267 g/mol. The number of methoxy groups -OCH3 is 2. The maximum absolute atomic E-state index is 9.55. The summed E-state index contributed by atoms with van der Waals surface area (Å²) in [4.78, 5) is 0. The Bertz CT molecular complexity index is 381. The standard InChI is InChI=1S/C15H25NO3/c1-5-15(6-2,11-17)16-10-12-7-8-13(18-3)9-14(12)19-4/h7-9,16-17H,5-6,10-11H2,1-4H3. The fraction of sp³-hybridized carbons (Fsp3) is 0.600. The van der Waals surface area contributed by atoms with Gasteiger partial charge < -0.3 is 19.9 Å². The maximum Gasteiger partial charge on any atom is 0.127 e. The molecule has 0 fully saturated rings. The van der Waals surface area contributed by atoms with Gasteiger partial charge in [0, 0.05) is 23.7 Å². The Balaban J connectivity index is 2.82. The molecule has 108 valence electrons. The Morgan fingerprint density at radius 3 is 2.32 bits per heavy atom. The van der Waals surface area contributed by atoms with Crippen LogP contribution in [0, 0.1) is 0 Å². The molecule has 19 heavy (non-hydrogen) atoms. The molecule has 0 heterocycles. The molecule has 0 amide bonds. The van der Waals surface area contributed by atoms with Crippen LogP contribution in [0.4, 0.5) is 0 Å². The van der Waals surface area contributed by atoms with E-state index in [1.54, 1.807) is 14.2 Å². The molecule has 4 nitrogen and oxygen atoms in total. The number of benzene rings is 1. The second-order valence-electron chi connectivity index (χ2n) is 4.68. The van der Waals surface area contributed by atoms with Gasteiger partial charge >= 0.3 is 0 Å². The maximum atomic E-state index is 9.55.